The molecule has 0 spiro atoms. The third kappa shape index (κ3) is 12.9. The summed E-state index contributed by atoms with van der Waals surface area (Å²) in [5.74, 6) is -3.05. The van der Waals surface area contributed by atoms with Crippen molar-refractivity contribution in [3.05, 3.63) is 108 Å². The number of aromatic nitrogens is 1. The highest BCUT2D eigenvalue weighted by atomic mass is 16.6. The highest BCUT2D eigenvalue weighted by Crippen LogP contribution is 2.21. The Morgan fingerprint density at radius 3 is 2.08 bits per heavy atom. The second kappa shape index (κ2) is 20.5. The van der Waals surface area contributed by atoms with Gasteiger partial charge in [-0.2, -0.15) is 0 Å². The zero-order chi connectivity index (χ0) is 42.5. The number of carbonyl (C=O) groups is 6. The molecule has 314 valence electrons. The Morgan fingerprint density at radius 2 is 1.41 bits per heavy atom. The van der Waals surface area contributed by atoms with Crippen LogP contribution in [0.3, 0.4) is 0 Å². The van der Waals surface area contributed by atoms with Crippen LogP contribution in [0, 0.1) is 0 Å². The topological polar surface area (TPSA) is 197 Å². The van der Waals surface area contributed by atoms with Gasteiger partial charge < -0.3 is 45.4 Å². The van der Waals surface area contributed by atoms with Gasteiger partial charge in [0.05, 0.1) is 13.2 Å². The fourth-order valence-corrected chi connectivity index (χ4v) is 6.62. The first-order valence-electron chi connectivity index (χ1n) is 19.8. The minimum atomic E-state index is -1.16. The molecular weight excluding hydrogens is 757 g/mol. The van der Waals surface area contributed by atoms with Crippen LogP contribution in [-0.2, 0) is 57.8 Å². The first-order valence-corrected chi connectivity index (χ1v) is 19.8. The molecule has 0 bridgehead atoms. The normalized spacial score (nSPS) is 15.9. The van der Waals surface area contributed by atoms with Crippen molar-refractivity contribution in [1.82, 2.24) is 31.2 Å². The van der Waals surface area contributed by atoms with Gasteiger partial charge >= 0.3 is 12.1 Å². The van der Waals surface area contributed by atoms with Crippen molar-refractivity contribution in [3.8, 4) is 0 Å². The molecule has 0 unspecified atom stereocenters. The van der Waals surface area contributed by atoms with Gasteiger partial charge in [-0.1, -0.05) is 78.9 Å². The molecule has 15 nitrogen and oxygen atoms in total. The average Bonchev–Trinajstić information content (AvgIpc) is 3.87. The highest BCUT2D eigenvalue weighted by Gasteiger charge is 2.39. The third-order valence-electron chi connectivity index (χ3n) is 9.64. The monoisotopic (exact) mass is 810 g/mol. The Balaban J connectivity index is 1.24. The molecule has 0 aliphatic carbocycles. The van der Waals surface area contributed by atoms with Crippen LogP contribution < -0.4 is 21.3 Å². The second-order valence-corrected chi connectivity index (χ2v) is 15.6. The van der Waals surface area contributed by atoms with Gasteiger partial charge in [-0.05, 0) is 70.2 Å². The third-order valence-corrected chi connectivity index (χ3v) is 9.64. The van der Waals surface area contributed by atoms with Gasteiger partial charge in [0.25, 0.3) is 0 Å². The zero-order valence-corrected chi connectivity index (χ0v) is 34.1. The van der Waals surface area contributed by atoms with E-state index in [1.807, 2.05) is 84.9 Å². The zero-order valence-electron chi connectivity index (χ0n) is 34.1. The molecule has 0 saturated carbocycles. The van der Waals surface area contributed by atoms with Crippen LogP contribution in [0.1, 0.15) is 64.2 Å². The number of nitrogens with one attached hydrogen (secondary N) is 5. The predicted octanol–water partition coefficient (Wildman–Crippen LogP) is 4.05. The number of H-pyrrole nitrogens is 1. The molecule has 1 aliphatic heterocycles. The Bertz CT molecular complexity index is 2070. The molecule has 0 radical (unpaired) electrons. The van der Waals surface area contributed by atoms with Gasteiger partial charge in [-0.3, -0.25) is 19.2 Å². The number of aromatic amines is 1. The predicted molar refractivity (Wildman–Crippen MR) is 219 cm³/mol. The maximum atomic E-state index is 14.0. The maximum absolute atomic E-state index is 14.0. The quantitative estimate of drug-likeness (QED) is 0.0978. The molecule has 3 aromatic carbocycles. The molecule has 1 fully saturated rings. The molecule has 5 N–H and O–H groups in total. The summed E-state index contributed by atoms with van der Waals surface area (Å²) < 4.78 is 16.7. The van der Waals surface area contributed by atoms with Crippen LogP contribution in [-0.4, -0.2) is 94.5 Å². The van der Waals surface area contributed by atoms with Crippen LogP contribution in [0.2, 0.25) is 0 Å². The molecule has 1 aliphatic rings. The Hall–Kier alpha value is -6.22. The van der Waals surface area contributed by atoms with Gasteiger partial charge in [0.15, 0.2) is 0 Å². The van der Waals surface area contributed by atoms with Gasteiger partial charge in [-0.15, -0.1) is 0 Å². The second-order valence-electron chi connectivity index (χ2n) is 15.6. The number of esters is 1. The molecule has 1 saturated heterocycles. The number of fused-ring (bicyclic) bond motifs is 1. The number of nitrogens with zero attached hydrogens (tertiary/aromatic N) is 1. The van der Waals surface area contributed by atoms with E-state index in [1.165, 1.54) is 18.7 Å². The lowest BCUT2D eigenvalue weighted by Crippen LogP contribution is -2.58. The van der Waals surface area contributed by atoms with Gasteiger partial charge in [0.1, 0.15) is 42.4 Å². The first kappa shape index (κ1) is 43.9. The van der Waals surface area contributed by atoms with E-state index in [0.717, 1.165) is 27.6 Å². The van der Waals surface area contributed by atoms with Crippen molar-refractivity contribution in [2.24, 2.45) is 0 Å². The van der Waals surface area contributed by atoms with Gasteiger partial charge in [0, 0.05) is 30.1 Å². The summed E-state index contributed by atoms with van der Waals surface area (Å²) in [5.41, 5.74) is 2.43. The van der Waals surface area contributed by atoms with Crippen LogP contribution in [0.4, 0.5) is 4.79 Å². The Kier molecular flexibility index (Phi) is 15.2. The summed E-state index contributed by atoms with van der Waals surface area (Å²) in [4.78, 5) is 85.4. The summed E-state index contributed by atoms with van der Waals surface area (Å²) in [5, 5.41) is 11.6. The minimum Gasteiger partial charge on any atom is -0.459 e. The summed E-state index contributed by atoms with van der Waals surface area (Å²) in [6, 6.07) is 20.6. The fourth-order valence-electron chi connectivity index (χ4n) is 6.62. The minimum absolute atomic E-state index is 0.0273. The van der Waals surface area contributed by atoms with Crippen molar-refractivity contribution < 1.29 is 43.0 Å². The van der Waals surface area contributed by atoms with E-state index in [2.05, 4.69) is 26.3 Å². The van der Waals surface area contributed by atoms with Crippen LogP contribution in [0.5, 0.6) is 0 Å². The first-order chi connectivity index (χ1) is 28.2. The lowest BCUT2D eigenvalue weighted by atomic mass is 10.0. The molecule has 5 atom stereocenters. The molecule has 59 heavy (non-hydrogen) atoms. The smallest absolute Gasteiger partial charge is 0.408 e. The summed E-state index contributed by atoms with van der Waals surface area (Å²) in [7, 11) is 0. The van der Waals surface area contributed by atoms with Crippen molar-refractivity contribution in [3.63, 3.8) is 0 Å². The van der Waals surface area contributed by atoms with E-state index in [1.54, 1.807) is 27.0 Å². The van der Waals surface area contributed by atoms with Crippen molar-refractivity contribution in [1.29, 1.82) is 0 Å². The number of hydrogen-bond donors (Lipinski definition) is 5. The average molecular weight is 811 g/mol. The van der Waals surface area contributed by atoms with E-state index in [-0.39, 0.29) is 32.8 Å². The highest BCUT2D eigenvalue weighted by molar-refractivity contribution is 5.96. The SMILES string of the molecule is C[C@@H](NC(=O)[C@@H]1CCCN1C(=O)[C@@H](COCc1ccccc1)NC(=O)OC(C)(C)C)C(=O)N[C@@H](Cc1c[nH]c2ccccc12)C(=O)N[C@H](C)C(=O)OCc1ccccc1. The molecular formula is C44H54N6O9. The lowest BCUT2D eigenvalue weighted by Gasteiger charge is -2.30. The van der Waals surface area contributed by atoms with Crippen molar-refractivity contribution in [2.45, 2.75) is 103 Å². The standard InChI is InChI=1S/C44H54N6O9/c1-28(46-40(53)37-21-14-22-50(37)41(54)36(49-43(56)59-44(3,4)5)27-57-25-30-15-8-6-9-16-30)38(51)48-35(23-32-24-45-34-20-13-12-19-33(32)34)39(52)47-29(2)42(55)58-26-31-17-10-7-11-18-31/h6-13,15-20,24,28-29,35-37,45H,14,21-23,25-27H2,1-5H3,(H,46,53)(H,47,52)(H,48,51)(H,49,56)/t28-,29-,35+,36-,37+/m1/s1. The number of likely N-dealkylation sites (tertiary alicyclic amines) is 1. The largest absolute Gasteiger partial charge is 0.459 e. The van der Waals surface area contributed by atoms with E-state index in [0.29, 0.717) is 12.8 Å². The van der Waals surface area contributed by atoms with Gasteiger partial charge in [0.2, 0.25) is 23.6 Å². The number of hydrogen-bond acceptors (Lipinski definition) is 9. The van der Waals surface area contributed by atoms with Crippen LogP contribution in [0.25, 0.3) is 10.9 Å². The number of ether oxygens (including phenoxy) is 3. The molecule has 15 heteroatoms. The lowest BCUT2D eigenvalue weighted by molar-refractivity contribution is -0.148. The Labute approximate surface area is 343 Å². The number of rotatable bonds is 17. The van der Waals surface area contributed by atoms with Crippen LogP contribution in [0.15, 0.2) is 91.1 Å². The van der Waals surface area contributed by atoms with E-state index >= 15 is 0 Å². The summed E-state index contributed by atoms with van der Waals surface area (Å²) in [6.07, 6.45) is 1.84. The number of amides is 5. The van der Waals surface area contributed by atoms with E-state index in [9.17, 15) is 28.8 Å². The molecule has 1 aromatic heterocycles. The summed E-state index contributed by atoms with van der Waals surface area (Å²) in [6.45, 7) is 8.35. The number of carbonyl (C=O) groups excluding carboxylic acids is 6. The van der Waals surface area contributed by atoms with Crippen LogP contribution >= 0.6 is 0 Å². The van der Waals surface area contributed by atoms with E-state index < -0.39 is 71.5 Å². The van der Waals surface area contributed by atoms with Crippen molar-refractivity contribution >= 4 is 46.6 Å². The van der Waals surface area contributed by atoms with Crippen molar-refractivity contribution in [2.75, 3.05) is 13.2 Å². The number of alkyl carbamates (subject to hydrolysis) is 1. The Morgan fingerprint density at radius 1 is 0.763 bits per heavy atom. The number of para-hydroxylation sites is 1. The summed E-state index contributed by atoms with van der Waals surface area (Å²) >= 11 is 0. The number of benzene rings is 3. The molecule has 5 amide bonds. The molecule has 4 aromatic rings. The maximum Gasteiger partial charge on any atom is 0.408 e. The van der Waals surface area contributed by atoms with E-state index in [4.69, 9.17) is 14.2 Å². The van der Waals surface area contributed by atoms with Gasteiger partial charge in [-0.25, -0.2) is 9.59 Å². The molecule has 5 rings (SSSR count). The molecule has 2 heterocycles. The fraction of sp³-hybridized carbons (Fsp3) is 0.409.